The van der Waals surface area contributed by atoms with Crippen LogP contribution >= 0.6 is 0 Å². The van der Waals surface area contributed by atoms with E-state index in [2.05, 4.69) is 26.8 Å². The van der Waals surface area contributed by atoms with Crippen LogP contribution in [0.15, 0.2) is 66.7 Å². The fourth-order valence-electron chi connectivity index (χ4n) is 6.03. The lowest BCUT2D eigenvalue weighted by molar-refractivity contribution is 0.0868. The van der Waals surface area contributed by atoms with E-state index in [0.717, 1.165) is 27.7 Å². The minimum Gasteiger partial charge on any atom is -0.465 e. The SMILES string of the molecule is O=C(O)N1C[C@H](O)C[C@H]1c1nc2cc(C#Cc3ccc4nc([C@@H]5C[C@@H](O)CN5C(=O)OCc5ccccc5)[nH]c4c3)ccc2[nH]1. The molecule has 4 atom stereocenters. The first-order chi connectivity index (χ1) is 21.8. The van der Waals surface area contributed by atoms with Crippen molar-refractivity contribution in [1.29, 1.82) is 0 Å². The molecule has 5 aromatic rings. The number of imidazole rings is 2. The van der Waals surface area contributed by atoms with E-state index in [1.807, 2.05) is 66.7 Å². The van der Waals surface area contributed by atoms with E-state index in [1.54, 1.807) is 0 Å². The van der Waals surface area contributed by atoms with Crippen LogP contribution in [0.5, 0.6) is 0 Å². The van der Waals surface area contributed by atoms with Crippen LogP contribution in [-0.2, 0) is 11.3 Å². The van der Waals surface area contributed by atoms with E-state index < -0.39 is 36.5 Å². The maximum atomic E-state index is 12.9. The van der Waals surface area contributed by atoms with Gasteiger partial charge in [-0.05, 0) is 42.0 Å². The van der Waals surface area contributed by atoms with Gasteiger partial charge in [0.15, 0.2) is 0 Å². The van der Waals surface area contributed by atoms with Gasteiger partial charge in [-0.25, -0.2) is 19.6 Å². The molecule has 0 bridgehead atoms. The molecule has 0 aliphatic carbocycles. The molecule has 228 valence electrons. The number of aliphatic hydroxyl groups is 2. The van der Waals surface area contributed by atoms with Gasteiger partial charge in [-0.15, -0.1) is 0 Å². The quantitative estimate of drug-likeness (QED) is 0.191. The lowest BCUT2D eigenvalue weighted by Gasteiger charge is -2.22. The number of carbonyl (C=O) groups excluding carboxylic acids is 1. The minimum absolute atomic E-state index is 0.0537. The lowest BCUT2D eigenvalue weighted by atomic mass is 10.1. The number of carboxylic acid groups (broad SMARTS) is 1. The molecule has 45 heavy (non-hydrogen) atoms. The normalized spacial score (nSPS) is 21.3. The van der Waals surface area contributed by atoms with Gasteiger partial charge >= 0.3 is 12.2 Å². The molecule has 0 radical (unpaired) electrons. The Morgan fingerprint density at radius 2 is 1.42 bits per heavy atom. The third kappa shape index (κ3) is 5.78. The number of hydrogen-bond acceptors (Lipinski definition) is 7. The molecule has 0 saturated carbocycles. The predicted octanol–water partition coefficient (Wildman–Crippen LogP) is 4.07. The molecule has 4 heterocycles. The molecule has 12 nitrogen and oxygen atoms in total. The van der Waals surface area contributed by atoms with Crippen LogP contribution in [0.4, 0.5) is 9.59 Å². The average molecular weight is 607 g/mol. The Labute approximate surface area is 257 Å². The molecular formula is C33H30N6O6. The highest BCUT2D eigenvalue weighted by atomic mass is 16.6. The second kappa shape index (κ2) is 11.6. The number of nitrogens with one attached hydrogen (secondary N) is 2. The van der Waals surface area contributed by atoms with Crippen molar-refractivity contribution in [1.82, 2.24) is 29.7 Å². The Morgan fingerprint density at radius 3 is 2.16 bits per heavy atom. The van der Waals surface area contributed by atoms with Crippen molar-refractivity contribution < 1.29 is 29.6 Å². The number of rotatable bonds is 4. The Bertz CT molecular complexity index is 1960. The van der Waals surface area contributed by atoms with E-state index >= 15 is 0 Å². The number of hydrogen-bond donors (Lipinski definition) is 5. The topological polar surface area (TPSA) is 168 Å². The zero-order valence-corrected chi connectivity index (χ0v) is 24.1. The summed E-state index contributed by atoms with van der Waals surface area (Å²) >= 11 is 0. The van der Waals surface area contributed by atoms with Gasteiger partial charge in [0, 0.05) is 24.0 Å². The van der Waals surface area contributed by atoms with Crippen LogP contribution < -0.4 is 0 Å². The number of β-amino-alcohol motifs (C(OH)–C–C–N with tert-alkyl or cyclic N) is 2. The van der Waals surface area contributed by atoms with E-state index in [-0.39, 0.29) is 26.1 Å². The lowest BCUT2D eigenvalue weighted by Crippen LogP contribution is -2.32. The Balaban J connectivity index is 1.08. The molecule has 2 aliphatic heterocycles. The number of H-pyrrole nitrogens is 2. The summed E-state index contributed by atoms with van der Waals surface area (Å²) in [6.45, 7) is 0.357. The Morgan fingerprint density at radius 1 is 0.800 bits per heavy atom. The fourth-order valence-corrected chi connectivity index (χ4v) is 6.03. The molecule has 5 N–H and O–H groups in total. The maximum absolute atomic E-state index is 12.9. The van der Waals surface area contributed by atoms with Crippen molar-refractivity contribution in [2.45, 2.75) is 43.7 Å². The molecule has 0 unspecified atom stereocenters. The number of nitrogens with zero attached hydrogens (tertiary/aromatic N) is 4. The summed E-state index contributed by atoms with van der Waals surface area (Å²) in [5.41, 5.74) is 5.24. The first kappa shape index (κ1) is 28.4. The molecule has 0 spiro atoms. The second-order valence-electron chi connectivity index (χ2n) is 11.4. The summed E-state index contributed by atoms with van der Waals surface area (Å²) in [4.78, 5) is 43.0. The van der Waals surface area contributed by atoms with Crippen molar-refractivity contribution in [3.63, 3.8) is 0 Å². The largest absolute Gasteiger partial charge is 0.465 e. The van der Waals surface area contributed by atoms with Crippen molar-refractivity contribution in [2.24, 2.45) is 0 Å². The molecule has 2 fully saturated rings. The summed E-state index contributed by atoms with van der Waals surface area (Å²) in [6.07, 6.45) is -2.38. The Kier molecular flexibility index (Phi) is 7.32. The first-order valence-corrected chi connectivity index (χ1v) is 14.6. The summed E-state index contributed by atoms with van der Waals surface area (Å²) in [7, 11) is 0. The summed E-state index contributed by atoms with van der Waals surface area (Å²) < 4.78 is 5.53. The summed E-state index contributed by atoms with van der Waals surface area (Å²) in [5.74, 6) is 7.40. The van der Waals surface area contributed by atoms with Crippen LogP contribution in [0, 0.1) is 11.8 Å². The standard InChI is InChI=1S/C33H30N6O6/c40-22-14-28(38(16-22)32(42)43)30-34-24-10-8-19(12-26(24)36-30)6-7-20-9-11-25-27(13-20)37-31(35-25)29-15-23(41)17-39(29)33(44)45-18-21-4-2-1-3-5-21/h1-5,8-13,22-23,28-29,40-41H,14-18H2,(H,34,36)(H,35,37)(H,42,43)/t22-,23-,28+,29+/m1/s1. The van der Waals surface area contributed by atoms with Gasteiger partial charge in [0.05, 0.1) is 59.4 Å². The van der Waals surface area contributed by atoms with Crippen molar-refractivity contribution in [3.8, 4) is 11.8 Å². The predicted molar refractivity (Wildman–Crippen MR) is 163 cm³/mol. The molecule has 7 rings (SSSR count). The van der Waals surface area contributed by atoms with Gasteiger partial charge in [0.2, 0.25) is 0 Å². The van der Waals surface area contributed by atoms with Crippen molar-refractivity contribution >= 4 is 34.3 Å². The van der Waals surface area contributed by atoms with Crippen LogP contribution in [0.2, 0.25) is 0 Å². The highest BCUT2D eigenvalue weighted by Crippen LogP contribution is 2.33. The van der Waals surface area contributed by atoms with Crippen LogP contribution in [0.25, 0.3) is 22.1 Å². The van der Waals surface area contributed by atoms with Crippen LogP contribution in [-0.4, -0.2) is 82.5 Å². The number of fused-ring (bicyclic) bond motifs is 2. The molecule has 12 heteroatoms. The van der Waals surface area contributed by atoms with E-state index in [9.17, 15) is 24.9 Å². The zero-order valence-electron chi connectivity index (χ0n) is 24.1. The van der Waals surface area contributed by atoms with E-state index in [4.69, 9.17) is 9.72 Å². The minimum atomic E-state index is -1.09. The summed E-state index contributed by atoms with van der Waals surface area (Å²) in [6, 6.07) is 19.6. The van der Waals surface area contributed by atoms with Gasteiger partial charge in [-0.1, -0.05) is 42.2 Å². The molecule has 3 aromatic carbocycles. The number of benzene rings is 3. The molecule has 2 saturated heterocycles. The number of aliphatic hydroxyl groups excluding tert-OH is 2. The monoisotopic (exact) mass is 606 g/mol. The number of ether oxygens (including phenoxy) is 1. The first-order valence-electron chi connectivity index (χ1n) is 14.6. The smallest absolute Gasteiger partial charge is 0.410 e. The van der Waals surface area contributed by atoms with Gasteiger partial charge < -0.3 is 30.0 Å². The number of aromatic amines is 2. The highest BCUT2D eigenvalue weighted by Gasteiger charge is 2.39. The molecule has 2 aliphatic rings. The van der Waals surface area contributed by atoms with Crippen molar-refractivity contribution in [3.05, 3.63) is 95.1 Å². The number of amides is 2. The van der Waals surface area contributed by atoms with Crippen LogP contribution in [0.1, 0.15) is 53.3 Å². The number of aromatic nitrogens is 4. The number of carbonyl (C=O) groups is 2. The maximum Gasteiger partial charge on any atom is 0.410 e. The Hall–Kier alpha value is -5.38. The van der Waals surface area contributed by atoms with Gasteiger partial charge in [0.25, 0.3) is 0 Å². The second-order valence-corrected chi connectivity index (χ2v) is 11.4. The average Bonchev–Trinajstić information content (AvgIpc) is 3.82. The molecular weight excluding hydrogens is 576 g/mol. The van der Waals surface area contributed by atoms with Gasteiger partial charge in [-0.2, -0.15) is 0 Å². The van der Waals surface area contributed by atoms with Crippen LogP contribution in [0.3, 0.4) is 0 Å². The molecule has 2 amide bonds. The fraction of sp³-hybridized carbons (Fsp3) is 0.273. The van der Waals surface area contributed by atoms with Gasteiger partial charge in [-0.3, -0.25) is 9.80 Å². The summed E-state index contributed by atoms with van der Waals surface area (Å²) in [5, 5.41) is 29.9. The molecule has 2 aromatic heterocycles. The van der Waals surface area contributed by atoms with Gasteiger partial charge in [0.1, 0.15) is 18.3 Å². The van der Waals surface area contributed by atoms with E-state index in [0.29, 0.717) is 29.1 Å². The highest BCUT2D eigenvalue weighted by molar-refractivity contribution is 5.79. The van der Waals surface area contributed by atoms with E-state index in [1.165, 1.54) is 9.80 Å². The number of likely N-dealkylation sites (tertiary alicyclic amines) is 2. The third-order valence-corrected chi connectivity index (χ3v) is 8.23. The van der Waals surface area contributed by atoms with Crippen molar-refractivity contribution in [2.75, 3.05) is 13.1 Å². The zero-order chi connectivity index (χ0) is 31.1. The third-order valence-electron chi connectivity index (χ3n) is 8.23.